The van der Waals surface area contributed by atoms with Crippen molar-refractivity contribution in [3.05, 3.63) is 29.8 Å². The van der Waals surface area contributed by atoms with Gasteiger partial charge in [0.1, 0.15) is 0 Å². The molecule has 1 aromatic carbocycles. The monoisotopic (exact) mass is 296 g/mol. The minimum absolute atomic E-state index is 0.0744. The highest BCUT2D eigenvalue weighted by molar-refractivity contribution is 8.00. The third-order valence-corrected chi connectivity index (χ3v) is 3.92. The molecule has 0 saturated carbocycles. The molecule has 0 spiro atoms. The summed E-state index contributed by atoms with van der Waals surface area (Å²) in [7, 11) is 3.59. The third-order valence-electron chi connectivity index (χ3n) is 2.81. The van der Waals surface area contributed by atoms with E-state index < -0.39 is 0 Å². The van der Waals surface area contributed by atoms with E-state index in [1.807, 2.05) is 14.0 Å². The summed E-state index contributed by atoms with van der Waals surface area (Å²) in [6.45, 7) is 4.13. The summed E-state index contributed by atoms with van der Waals surface area (Å²) in [6, 6.07) is 8.29. The molecule has 0 aliphatic carbocycles. The lowest BCUT2D eigenvalue weighted by Crippen LogP contribution is -2.32. The van der Waals surface area contributed by atoms with Gasteiger partial charge in [0.05, 0.1) is 5.25 Å². The number of nitrogens with one attached hydrogen (secondary N) is 2. The Morgan fingerprint density at radius 2 is 2.05 bits per heavy atom. The van der Waals surface area contributed by atoms with E-state index in [1.165, 1.54) is 5.56 Å². The molecule has 0 aliphatic heterocycles. The van der Waals surface area contributed by atoms with Crippen LogP contribution in [0.4, 0.5) is 0 Å². The van der Waals surface area contributed by atoms with Crippen LogP contribution in [0.1, 0.15) is 18.9 Å². The Hall–Kier alpha value is -1.04. The fourth-order valence-corrected chi connectivity index (χ4v) is 2.61. The molecule has 5 heteroatoms. The Morgan fingerprint density at radius 3 is 2.65 bits per heavy atom. The summed E-state index contributed by atoms with van der Waals surface area (Å²) in [5, 5.41) is 5.94. The summed E-state index contributed by atoms with van der Waals surface area (Å²) < 4.78 is 4.95. The van der Waals surface area contributed by atoms with Gasteiger partial charge in [0, 0.05) is 31.7 Å². The molecule has 1 rings (SSSR count). The quantitative estimate of drug-likeness (QED) is 0.541. The molecule has 4 nitrogen and oxygen atoms in total. The van der Waals surface area contributed by atoms with Crippen molar-refractivity contribution in [2.75, 3.05) is 27.3 Å². The van der Waals surface area contributed by atoms with Gasteiger partial charge in [0.15, 0.2) is 0 Å². The normalized spacial score (nSPS) is 12.2. The van der Waals surface area contributed by atoms with Gasteiger partial charge in [-0.2, -0.15) is 0 Å². The van der Waals surface area contributed by atoms with Crippen LogP contribution in [0, 0.1) is 0 Å². The largest absolute Gasteiger partial charge is 0.385 e. The molecule has 0 radical (unpaired) electrons. The van der Waals surface area contributed by atoms with Gasteiger partial charge in [0.2, 0.25) is 5.91 Å². The number of methoxy groups -OCH3 is 1. The van der Waals surface area contributed by atoms with Gasteiger partial charge in [-0.25, -0.2) is 0 Å². The SMILES string of the molecule is CNCc1ccc(SC(C)C(=O)NCCCOC)cc1. The number of rotatable bonds is 9. The number of hydrogen-bond acceptors (Lipinski definition) is 4. The smallest absolute Gasteiger partial charge is 0.233 e. The van der Waals surface area contributed by atoms with E-state index in [4.69, 9.17) is 4.74 Å². The fraction of sp³-hybridized carbons (Fsp3) is 0.533. The first-order valence-electron chi connectivity index (χ1n) is 6.84. The summed E-state index contributed by atoms with van der Waals surface area (Å²) in [6.07, 6.45) is 0.846. The highest BCUT2D eigenvalue weighted by Crippen LogP contribution is 2.23. The minimum Gasteiger partial charge on any atom is -0.385 e. The molecule has 0 bridgehead atoms. The number of ether oxygens (including phenoxy) is 1. The van der Waals surface area contributed by atoms with Gasteiger partial charge >= 0.3 is 0 Å². The fourth-order valence-electron chi connectivity index (χ4n) is 1.72. The van der Waals surface area contributed by atoms with Crippen LogP contribution < -0.4 is 10.6 Å². The molecule has 1 atom stereocenters. The molecule has 1 unspecified atom stereocenters. The summed E-state index contributed by atoms with van der Waals surface area (Å²) in [5.41, 5.74) is 1.24. The van der Waals surface area contributed by atoms with Crippen LogP contribution in [0.25, 0.3) is 0 Å². The number of carbonyl (C=O) groups excluding carboxylic acids is 1. The van der Waals surface area contributed by atoms with Crippen molar-refractivity contribution in [1.29, 1.82) is 0 Å². The zero-order chi connectivity index (χ0) is 14.8. The Bertz CT molecular complexity index is 395. The maximum absolute atomic E-state index is 11.9. The number of hydrogen-bond donors (Lipinski definition) is 2. The molecule has 2 N–H and O–H groups in total. The molecule has 1 amide bonds. The van der Waals surface area contributed by atoms with E-state index >= 15 is 0 Å². The predicted octanol–water partition coefficient (Wildman–Crippen LogP) is 2.04. The topological polar surface area (TPSA) is 50.4 Å². The molecule has 0 fully saturated rings. The molecule has 0 heterocycles. The minimum atomic E-state index is -0.0901. The van der Waals surface area contributed by atoms with Gasteiger partial charge < -0.3 is 15.4 Å². The first kappa shape index (κ1) is 17.0. The van der Waals surface area contributed by atoms with Crippen molar-refractivity contribution < 1.29 is 9.53 Å². The van der Waals surface area contributed by atoms with Gasteiger partial charge in [-0.15, -0.1) is 11.8 Å². The average Bonchev–Trinajstić information content (AvgIpc) is 2.45. The van der Waals surface area contributed by atoms with Crippen LogP contribution in [0.5, 0.6) is 0 Å². The van der Waals surface area contributed by atoms with Crippen LogP contribution in [0.15, 0.2) is 29.2 Å². The van der Waals surface area contributed by atoms with E-state index in [9.17, 15) is 4.79 Å². The third kappa shape index (κ3) is 6.41. The first-order valence-corrected chi connectivity index (χ1v) is 7.72. The van der Waals surface area contributed by atoms with Crippen molar-refractivity contribution in [2.24, 2.45) is 0 Å². The van der Waals surface area contributed by atoms with Crippen molar-refractivity contribution in [1.82, 2.24) is 10.6 Å². The summed E-state index contributed by atoms with van der Waals surface area (Å²) >= 11 is 1.58. The van der Waals surface area contributed by atoms with E-state index in [2.05, 4.69) is 34.9 Å². The summed E-state index contributed by atoms with van der Waals surface area (Å²) in [5.74, 6) is 0.0744. The molecule has 1 aromatic rings. The Balaban J connectivity index is 2.36. The Morgan fingerprint density at radius 1 is 1.35 bits per heavy atom. The average molecular weight is 296 g/mol. The van der Waals surface area contributed by atoms with Crippen LogP contribution >= 0.6 is 11.8 Å². The van der Waals surface area contributed by atoms with Crippen LogP contribution in [0.3, 0.4) is 0 Å². The van der Waals surface area contributed by atoms with E-state index in [1.54, 1.807) is 18.9 Å². The van der Waals surface area contributed by atoms with Gasteiger partial charge in [-0.05, 0) is 38.1 Å². The molecule has 0 aromatic heterocycles. The molecule has 20 heavy (non-hydrogen) atoms. The van der Waals surface area contributed by atoms with E-state index in [-0.39, 0.29) is 11.2 Å². The highest BCUT2D eigenvalue weighted by atomic mass is 32.2. The second kappa shape index (κ2) is 9.80. The molecule has 0 aliphatic rings. The summed E-state index contributed by atoms with van der Waals surface area (Å²) in [4.78, 5) is 13.0. The number of thioether (sulfide) groups is 1. The zero-order valence-corrected chi connectivity index (χ0v) is 13.3. The second-order valence-electron chi connectivity index (χ2n) is 4.57. The number of carbonyl (C=O) groups is 1. The molecular formula is C15H24N2O2S. The van der Waals surface area contributed by atoms with Gasteiger partial charge in [-0.1, -0.05) is 12.1 Å². The van der Waals surface area contributed by atoms with Crippen LogP contribution in [-0.2, 0) is 16.1 Å². The lowest BCUT2D eigenvalue weighted by molar-refractivity contribution is -0.120. The van der Waals surface area contributed by atoms with Crippen molar-refractivity contribution in [2.45, 2.75) is 30.0 Å². The van der Waals surface area contributed by atoms with Gasteiger partial charge in [-0.3, -0.25) is 4.79 Å². The van der Waals surface area contributed by atoms with Crippen LogP contribution in [-0.4, -0.2) is 38.5 Å². The molecular weight excluding hydrogens is 272 g/mol. The van der Waals surface area contributed by atoms with Gasteiger partial charge in [0.25, 0.3) is 0 Å². The van der Waals surface area contributed by atoms with Crippen molar-refractivity contribution >= 4 is 17.7 Å². The molecule has 112 valence electrons. The lowest BCUT2D eigenvalue weighted by Gasteiger charge is -2.12. The van der Waals surface area contributed by atoms with E-state index in [0.717, 1.165) is 17.9 Å². The Kier molecular flexibility index (Phi) is 8.34. The maximum Gasteiger partial charge on any atom is 0.233 e. The standard InChI is InChI=1S/C15H24N2O2S/c1-12(15(18)17-9-4-10-19-3)20-14-7-5-13(6-8-14)11-16-2/h5-8,12,16H,4,9-11H2,1-3H3,(H,17,18). The van der Waals surface area contributed by atoms with Crippen molar-refractivity contribution in [3.63, 3.8) is 0 Å². The Labute approximate surface area is 125 Å². The van der Waals surface area contributed by atoms with Crippen LogP contribution in [0.2, 0.25) is 0 Å². The maximum atomic E-state index is 11.9. The zero-order valence-electron chi connectivity index (χ0n) is 12.4. The number of benzene rings is 1. The number of amides is 1. The molecule has 0 saturated heterocycles. The van der Waals surface area contributed by atoms with Crippen molar-refractivity contribution in [3.8, 4) is 0 Å². The highest BCUT2D eigenvalue weighted by Gasteiger charge is 2.13. The first-order chi connectivity index (χ1) is 9.67. The van der Waals surface area contributed by atoms with E-state index in [0.29, 0.717) is 13.2 Å². The second-order valence-corrected chi connectivity index (χ2v) is 5.99. The predicted molar refractivity (Wildman–Crippen MR) is 84.0 cm³/mol. The lowest BCUT2D eigenvalue weighted by atomic mass is 10.2.